The third-order valence-corrected chi connectivity index (χ3v) is 6.07. The van der Waals surface area contributed by atoms with Gasteiger partial charge in [0.1, 0.15) is 11.0 Å². The Bertz CT molecular complexity index is 736. The van der Waals surface area contributed by atoms with Gasteiger partial charge in [0.15, 0.2) is 0 Å². The molecule has 0 fully saturated rings. The summed E-state index contributed by atoms with van der Waals surface area (Å²) in [6, 6.07) is 3.95. The average Bonchev–Trinajstić information content (AvgIpc) is 2.65. The first-order chi connectivity index (χ1) is 12.3. The van der Waals surface area contributed by atoms with Crippen LogP contribution in [0.25, 0.3) is 0 Å². The van der Waals surface area contributed by atoms with Crippen LogP contribution in [0.3, 0.4) is 0 Å². The summed E-state index contributed by atoms with van der Waals surface area (Å²) in [4.78, 5) is 33.7. The number of non-ortho nitro benzene ring substituents is 1. The number of nitro groups is 1. The van der Waals surface area contributed by atoms with E-state index in [4.69, 9.17) is 0 Å². The SMILES string of the molecule is O=C(O)C1=C(C(=O)N[C@@H](CO)[C@@H](O)c2ccc([N+](=O)[O-])cc2)SCCS1. The van der Waals surface area contributed by atoms with E-state index >= 15 is 0 Å². The molecule has 0 saturated carbocycles. The largest absolute Gasteiger partial charge is 0.477 e. The van der Waals surface area contributed by atoms with Crippen LogP contribution in [0.15, 0.2) is 34.1 Å². The third-order valence-electron chi connectivity index (χ3n) is 3.52. The van der Waals surface area contributed by atoms with E-state index in [1.165, 1.54) is 24.3 Å². The molecule has 1 aromatic rings. The van der Waals surface area contributed by atoms with Crippen LogP contribution in [0, 0.1) is 10.1 Å². The number of carboxylic acid groups (broad SMARTS) is 1. The van der Waals surface area contributed by atoms with Gasteiger partial charge in [0.25, 0.3) is 11.6 Å². The number of aliphatic carboxylic acids is 1. The summed E-state index contributed by atoms with van der Waals surface area (Å²) in [7, 11) is 0. The van der Waals surface area contributed by atoms with E-state index in [0.29, 0.717) is 11.5 Å². The third kappa shape index (κ3) is 4.75. The highest BCUT2D eigenvalue weighted by Crippen LogP contribution is 2.34. The first-order valence-electron chi connectivity index (χ1n) is 7.42. The van der Waals surface area contributed by atoms with Crippen LogP contribution in [0.4, 0.5) is 5.69 Å². The lowest BCUT2D eigenvalue weighted by molar-refractivity contribution is -0.384. The number of amides is 1. The van der Waals surface area contributed by atoms with Crippen molar-refractivity contribution in [3.05, 3.63) is 49.8 Å². The monoisotopic (exact) mass is 400 g/mol. The second-order valence-corrected chi connectivity index (χ2v) is 7.43. The summed E-state index contributed by atoms with van der Waals surface area (Å²) in [5.74, 6) is -0.764. The number of nitrogens with zero attached hydrogens (tertiary/aromatic N) is 1. The normalized spacial score (nSPS) is 16.7. The molecular formula is C15H16N2O7S2. The Kier molecular flexibility index (Phi) is 7.03. The van der Waals surface area contributed by atoms with E-state index in [2.05, 4.69) is 5.32 Å². The number of nitrogens with one attached hydrogen (secondary N) is 1. The minimum atomic E-state index is -1.32. The molecule has 1 amide bonds. The number of aliphatic hydroxyl groups is 2. The van der Waals surface area contributed by atoms with Crippen molar-refractivity contribution in [2.45, 2.75) is 12.1 Å². The van der Waals surface area contributed by atoms with Gasteiger partial charge in [-0.05, 0) is 17.7 Å². The van der Waals surface area contributed by atoms with Gasteiger partial charge in [0, 0.05) is 23.6 Å². The van der Waals surface area contributed by atoms with Gasteiger partial charge < -0.3 is 20.6 Å². The van der Waals surface area contributed by atoms with Gasteiger partial charge in [-0.1, -0.05) is 0 Å². The van der Waals surface area contributed by atoms with Crippen LogP contribution in [0.5, 0.6) is 0 Å². The molecule has 9 nitrogen and oxygen atoms in total. The maximum Gasteiger partial charge on any atom is 0.343 e. The van der Waals surface area contributed by atoms with Crippen molar-refractivity contribution in [2.75, 3.05) is 18.1 Å². The van der Waals surface area contributed by atoms with Gasteiger partial charge in [-0.25, -0.2) is 4.79 Å². The smallest absolute Gasteiger partial charge is 0.343 e. The minimum absolute atomic E-state index is 0.0306. The predicted molar refractivity (Wildman–Crippen MR) is 96.7 cm³/mol. The van der Waals surface area contributed by atoms with Crippen molar-refractivity contribution in [2.24, 2.45) is 0 Å². The molecule has 0 aliphatic carbocycles. The van der Waals surface area contributed by atoms with Crippen LogP contribution in [0.2, 0.25) is 0 Å². The fourth-order valence-corrected chi connectivity index (χ4v) is 4.41. The summed E-state index contributed by atoms with van der Waals surface area (Å²) >= 11 is 2.16. The summed E-state index contributed by atoms with van der Waals surface area (Å²) < 4.78 is 0. The van der Waals surface area contributed by atoms with Crippen molar-refractivity contribution < 1.29 is 29.8 Å². The molecule has 1 aromatic carbocycles. The molecule has 0 spiro atoms. The molecule has 26 heavy (non-hydrogen) atoms. The zero-order valence-corrected chi connectivity index (χ0v) is 15.0. The first kappa shape index (κ1) is 20.2. The molecule has 0 radical (unpaired) electrons. The fourth-order valence-electron chi connectivity index (χ4n) is 2.23. The topological polar surface area (TPSA) is 150 Å². The number of carbonyl (C=O) groups is 2. The second-order valence-electron chi connectivity index (χ2n) is 5.22. The fraction of sp³-hybridized carbons (Fsp3) is 0.333. The zero-order chi connectivity index (χ0) is 19.3. The number of rotatable bonds is 7. The number of carbonyl (C=O) groups excluding carboxylic acids is 1. The van der Waals surface area contributed by atoms with Crippen molar-refractivity contribution in [3.63, 3.8) is 0 Å². The second kappa shape index (κ2) is 9.03. The van der Waals surface area contributed by atoms with Gasteiger partial charge in [-0.2, -0.15) is 0 Å². The summed E-state index contributed by atoms with van der Waals surface area (Å²) in [6.45, 7) is -0.600. The Balaban J connectivity index is 2.16. The van der Waals surface area contributed by atoms with Crippen molar-refractivity contribution in [3.8, 4) is 0 Å². The lowest BCUT2D eigenvalue weighted by Crippen LogP contribution is -2.42. The molecule has 0 saturated heterocycles. The standard InChI is InChI=1S/C15H16N2O7S2/c18-7-10(11(19)8-1-3-9(4-2-8)17(23)24)16-14(20)12-13(15(21)22)26-6-5-25-12/h1-4,10-11,18-19H,5-7H2,(H,16,20)(H,21,22)/t10-,11-/m0/s1. The number of nitro benzene ring substituents is 1. The Morgan fingerprint density at radius 2 is 1.77 bits per heavy atom. The maximum absolute atomic E-state index is 12.4. The van der Waals surface area contributed by atoms with E-state index in [-0.39, 0.29) is 21.1 Å². The van der Waals surface area contributed by atoms with Crippen LogP contribution in [-0.4, -0.2) is 56.3 Å². The number of benzene rings is 1. The van der Waals surface area contributed by atoms with E-state index in [1.54, 1.807) is 0 Å². The number of hydrogen-bond acceptors (Lipinski definition) is 8. The summed E-state index contributed by atoms with van der Waals surface area (Å²) in [5.41, 5.74) is 0.116. The summed E-state index contributed by atoms with van der Waals surface area (Å²) in [5, 5.41) is 42.1. The number of hydrogen-bond donors (Lipinski definition) is 4. The van der Waals surface area contributed by atoms with Crippen molar-refractivity contribution in [1.82, 2.24) is 5.32 Å². The number of carboxylic acids is 1. The molecule has 4 N–H and O–H groups in total. The maximum atomic E-state index is 12.4. The molecule has 1 aliphatic heterocycles. The van der Waals surface area contributed by atoms with Gasteiger partial charge in [-0.3, -0.25) is 14.9 Å². The highest BCUT2D eigenvalue weighted by Gasteiger charge is 2.29. The minimum Gasteiger partial charge on any atom is -0.477 e. The van der Waals surface area contributed by atoms with Gasteiger partial charge >= 0.3 is 5.97 Å². The molecule has 11 heteroatoms. The molecular weight excluding hydrogens is 384 g/mol. The Hall–Kier alpha value is -2.08. The van der Waals surface area contributed by atoms with Gasteiger partial charge in [-0.15, -0.1) is 23.5 Å². The van der Waals surface area contributed by atoms with E-state index in [0.717, 1.165) is 23.5 Å². The van der Waals surface area contributed by atoms with Crippen LogP contribution in [0.1, 0.15) is 11.7 Å². The average molecular weight is 400 g/mol. The molecule has 2 rings (SSSR count). The van der Waals surface area contributed by atoms with Gasteiger partial charge in [0.2, 0.25) is 0 Å². The molecule has 0 bridgehead atoms. The van der Waals surface area contributed by atoms with Crippen LogP contribution < -0.4 is 5.32 Å². The van der Waals surface area contributed by atoms with Crippen molar-refractivity contribution in [1.29, 1.82) is 0 Å². The Morgan fingerprint density at radius 1 is 1.19 bits per heavy atom. The van der Waals surface area contributed by atoms with Crippen LogP contribution >= 0.6 is 23.5 Å². The molecule has 1 aliphatic rings. The predicted octanol–water partition coefficient (Wildman–Crippen LogP) is 0.881. The molecule has 0 aromatic heterocycles. The van der Waals surface area contributed by atoms with E-state index in [1.807, 2.05) is 0 Å². The highest BCUT2D eigenvalue weighted by molar-refractivity contribution is 8.11. The van der Waals surface area contributed by atoms with Gasteiger partial charge in [0.05, 0.1) is 22.5 Å². The first-order valence-corrected chi connectivity index (χ1v) is 9.39. The highest BCUT2D eigenvalue weighted by atomic mass is 32.2. The molecule has 2 atom stereocenters. The zero-order valence-electron chi connectivity index (χ0n) is 13.3. The lowest BCUT2D eigenvalue weighted by atomic mass is 10.0. The van der Waals surface area contributed by atoms with Crippen molar-refractivity contribution >= 4 is 41.1 Å². The quantitative estimate of drug-likeness (QED) is 0.386. The summed E-state index contributed by atoms with van der Waals surface area (Å²) in [6.07, 6.45) is -1.32. The molecule has 1 heterocycles. The number of thioether (sulfide) groups is 2. The van der Waals surface area contributed by atoms with Crippen LogP contribution in [-0.2, 0) is 9.59 Å². The lowest BCUT2D eigenvalue weighted by Gasteiger charge is -2.24. The van der Waals surface area contributed by atoms with E-state index in [9.17, 15) is 35.0 Å². The Labute approximate surface area is 156 Å². The molecule has 140 valence electrons. The Morgan fingerprint density at radius 3 is 2.27 bits per heavy atom. The molecule has 0 unspecified atom stereocenters. The van der Waals surface area contributed by atoms with E-state index < -0.39 is 35.6 Å². The number of aliphatic hydroxyl groups excluding tert-OH is 2.